The lowest BCUT2D eigenvalue weighted by Gasteiger charge is -2.17. The van der Waals surface area contributed by atoms with Crippen LogP contribution in [0.15, 0.2) is 77.6 Å². The molecule has 37 heavy (non-hydrogen) atoms. The summed E-state index contributed by atoms with van der Waals surface area (Å²) in [4.78, 5) is 23.5. The number of aromatic nitrogens is 5. The zero-order chi connectivity index (χ0) is 25.9. The summed E-state index contributed by atoms with van der Waals surface area (Å²) in [5.74, 6) is -0.370. The van der Waals surface area contributed by atoms with Gasteiger partial charge in [-0.15, -0.1) is 0 Å². The standard InChI is InChI=1S/C26H23FN8O2/c1-34(2)22-10-6-4-8-17(22)26(36)30-21-14-29-25(31-24(21)28)20-13-23(19-11-12-37-33-19)35(32-20)15-16-7-3-5-9-18(16)27/h3-14H,15H2,1-2H3,(H,30,36)(H2,28,29,31). The Morgan fingerprint density at radius 1 is 1.11 bits per heavy atom. The van der Waals surface area contributed by atoms with Crippen molar-refractivity contribution < 1.29 is 13.7 Å². The average molecular weight is 499 g/mol. The molecule has 186 valence electrons. The number of nitrogens with zero attached hydrogens (tertiary/aromatic N) is 6. The zero-order valence-corrected chi connectivity index (χ0v) is 20.1. The molecule has 1 amide bonds. The van der Waals surface area contributed by atoms with Crippen molar-refractivity contribution in [3.05, 3.63) is 90.1 Å². The number of para-hydroxylation sites is 1. The fraction of sp³-hybridized carbons (Fsp3) is 0.115. The monoisotopic (exact) mass is 498 g/mol. The van der Waals surface area contributed by atoms with Crippen molar-refractivity contribution in [2.45, 2.75) is 6.54 Å². The molecular formula is C26H23FN8O2. The smallest absolute Gasteiger partial charge is 0.257 e. The predicted octanol–water partition coefficient (Wildman–Crippen LogP) is 4.08. The van der Waals surface area contributed by atoms with Crippen LogP contribution in [0.5, 0.6) is 0 Å². The summed E-state index contributed by atoms with van der Waals surface area (Å²) in [5, 5.41) is 11.3. The van der Waals surface area contributed by atoms with Crippen molar-refractivity contribution in [1.29, 1.82) is 0 Å². The Kier molecular flexibility index (Phi) is 6.33. The van der Waals surface area contributed by atoms with Gasteiger partial charge in [-0.05, 0) is 24.3 Å². The van der Waals surface area contributed by atoms with Crippen LogP contribution in [0.3, 0.4) is 0 Å². The molecule has 0 atom stereocenters. The fourth-order valence-corrected chi connectivity index (χ4v) is 3.85. The molecule has 3 N–H and O–H groups in total. The van der Waals surface area contributed by atoms with Crippen molar-refractivity contribution >= 4 is 23.1 Å². The van der Waals surface area contributed by atoms with Crippen molar-refractivity contribution in [2.75, 3.05) is 30.0 Å². The number of nitrogens with one attached hydrogen (secondary N) is 1. The minimum absolute atomic E-state index is 0.0762. The number of halogens is 1. The molecule has 0 aliphatic carbocycles. The Morgan fingerprint density at radius 2 is 1.89 bits per heavy atom. The second-order valence-corrected chi connectivity index (χ2v) is 8.41. The van der Waals surface area contributed by atoms with E-state index in [1.807, 2.05) is 31.1 Å². The van der Waals surface area contributed by atoms with Gasteiger partial charge in [-0.3, -0.25) is 9.48 Å². The van der Waals surface area contributed by atoms with Gasteiger partial charge in [0.25, 0.3) is 5.91 Å². The summed E-state index contributed by atoms with van der Waals surface area (Å²) in [6, 6.07) is 17.1. The van der Waals surface area contributed by atoms with Gasteiger partial charge in [-0.25, -0.2) is 14.4 Å². The maximum atomic E-state index is 14.3. The van der Waals surface area contributed by atoms with Crippen LogP contribution < -0.4 is 16.0 Å². The van der Waals surface area contributed by atoms with Crippen molar-refractivity contribution in [3.8, 4) is 22.9 Å². The molecular weight excluding hydrogens is 475 g/mol. The number of amides is 1. The predicted molar refractivity (Wildman–Crippen MR) is 137 cm³/mol. The number of carbonyl (C=O) groups is 1. The second kappa shape index (κ2) is 9.90. The number of anilines is 3. The minimum atomic E-state index is -0.345. The van der Waals surface area contributed by atoms with E-state index in [4.69, 9.17) is 10.3 Å². The molecule has 2 aromatic carbocycles. The highest BCUT2D eigenvalue weighted by Gasteiger charge is 2.19. The molecule has 0 saturated carbocycles. The highest BCUT2D eigenvalue weighted by Crippen LogP contribution is 2.27. The van der Waals surface area contributed by atoms with Gasteiger partial charge in [0.15, 0.2) is 11.6 Å². The summed E-state index contributed by atoms with van der Waals surface area (Å²) in [6.07, 6.45) is 2.87. The molecule has 0 aliphatic rings. The van der Waals surface area contributed by atoms with Crippen LogP contribution in [-0.2, 0) is 6.54 Å². The summed E-state index contributed by atoms with van der Waals surface area (Å²) in [7, 11) is 3.72. The topological polar surface area (TPSA) is 128 Å². The number of hydrogen-bond acceptors (Lipinski definition) is 8. The van der Waals surface area contributed by atoms with Gasteiger partial charge in [0.2, 0.25) is 0 Å². The van der Waals surface area contributed by atoms with E-state index in [9.17, 15) is 9.18 Å². The quantitative estimate of drug-likeness (QED) is 0.344. The van der Waals surface area contributed by atoms with E-state index in [0.29, 0.717) is 28.2 Å². The molecule has 5 aromatic rings. The Labute approximate surface area is 211 Å². The van der Waals surface area contributed by atoms with Gasteiger partial charge < -0.3 is 20.5 Å². The first-order valence-corrected chi connectivity index (χ1v) is 11.3. The molecule has 5 rings (SSSR count). The van der Waals surface area contributed by atoms with Crippen LogP contribution >= 0.6 is 0 Å². The van der Waals surface area contributed by atoms with Crippen LogP contribution in [0.4, 0.5) is 21.6 Å². The summed E-state index contributed by atoms with van der Waals surface area (Å²) in [6.45, 7) is 0.157. The van der Waals surface area contributed by atoms with Gasteiger partial charge in [0.1, 0.15) is 29.2 Å². The molecule has 0 radical (unpaired) electrons. The van der Waals surface area contributed by atoms with Crippen LogP contribution in [0, 0.1) is 5.82 Å². The van der Waals surface area contributed by atoms with E-state index in [1.54, 1.807) is 47.1 Å². The lowest BCUT2D eigenvalue weighted by molar-refractivity contribution is 0.102. The molecule has 3 aromatic heterocycles. The van der Waals surface area contributed by atoms with E-state index in [1.165, 1.54) is 18.5 Å². The molecule has 0 unspecified atom stereocenters. The molecule has 11 heteroatoms. The molecule has 0 saturated heterocycles. The SMILES string of the molecule is CN(C)c1ccccc1C(=O)Nc1cnc(-c2cc(-c3ccon3)n(Cc3ccccc3F)n2)nc1N. The molecule has 0 bridgehead atoms. The molecule has 0 spiro atoms. The van der Waals surface area contributed by atoms with Crippen LogP contribution in [0.2, 0.25) is 0 Å². The highest BCUT2D eigenvalue weighted by molar-refractivity contribution is 6.09. The van der Waals surface area contributed by atoms with Gasteiger partial charge >= 0.3 is 0 Å². The lowest BCUT2D eigenvalue weighted by Crippen LogP contribution is -2.19. The van der Waals surface area contributed by atoms with Gasteiger partial charge in [-0.1, -0.05) is 35.5 Å². The Morgan fingerprint density at radius 3 is 2.62 bits per heavy atom. The number of nitrogen functional groups attached to an aromatic ring is 1. The van der Waals surface area contributed by atoms with E-state index < -0.39 is 0 Å². The van der Waals surface area contributed by atoms with Gasteiger partial charge in [-0.2, -0.15) is 5.10 Å². The third kappa shape index (κ3) is 4.87. The van der Waals surface area contributed by atoms with Crippen LogP contribution in [0.1, 0.15) is 15.9 Å². The van der Waals surface area contributed by atoms with Crippen molar-refractivity contribution in [1.82, 2.24) is 24.9 Å². The number of nitrogens with two attached hydrogens (primary N) is 1. The molecule has 3 heterocycles. The van der Waals surface area contributed by atoms with Gasteiger partial charge in [0, 0.05) is 31.4 Å². The van der Waals surface area contributed by atoms with E-state index >= 15 is 0 Å². The van der Waals surface area contributed by atoms with E-state index in [-0.39, 0.29) is 35.6 Å². The first-order chi connectivity index (χ1) is 17.9. The maximum Gasteiger partial charge on any atom is 0.257 e. The van der Waals surface area contributed by atoms with Crippen molar-refractivity contribution in [2.24, 2.45) is 0 Å². The van der Waals surface area contributed by atoms with E-state index in [0.717, 1.165) is 5.69 Å². The lowest BCUT2D eigenvalue weighted by atomic mass is 10.1. The van der Waals surface area contributed by atoms with Crippen molar-refractivity contribution in [3.63, 3.8) is 0 Å². The number of hydrogen-bond donors (Lipinski definition) is 2. The Bertz CT molecular complexity index is 1560. The van der Waals surface area contributed by atoms with Crippen LogP contribution in [0.25, 0.3) is 22.9 Å². The first-order valence-electron chi connectivity index (χ1n) is 11.3. The fourth-order valence-electron chi connectivity index (χ4n) is 3.85. The number of benzene rings is 2. The number of rotatable bonds is 7. The Balaban J connectivity index is 1.45. The van der Waals surface area contributed by atoms with Gasteiger partial charge in [0.05, 0.1) is 24.0 Å². The zero-order valence-electron chi connectivity index (χ0n) is 20.1. The van der Waals surface area contributed by atoms with Crippen LogP contribution in [-0.4, -0.2) is 44.9 Å². The normalized spacial score (nSPS) is 10.9. The largest absolute Gasteiger partial charge is 0.382 e. The minimum Gasteiger partial charge on any atom is -0.382 e. The second-order valence-electron chi connectivity index (χ2n) is 8.41. The molecule has 0 fully saturated rings. The Hall–Kier alpha value is -5.06. The van der Waals surface area contributed by atoms with E-state index in [2.05, 4.69) is 25.5 Å². The number of carbonyl (C=O) groups excluding carboxylic acids is 1. The third-order valence-electron chi connectivity index (χ3n) is 5.68. The summed E-state index contributed by atoms with van der Waals surface area (Å²) < 4.78 is 20.9. The maximum absolute atomic E-state index is 14.3. The average Bonchev–Trinajstić information content (AvgIpc) is 3.57. The summed E-state index contributed by atoms with van der Waals surface area (Å²) in [5.41, 5.74) is 9.66. The molecule has 0 aliphatic heterocycles. The summed E-state index contributed by atoms with van der Waals surface area (Å²) >= 11 is 0. The highest BCUT2D eigenvalue weighted by atomic mass is 19.1. The third-order valence-corrected chi connectivity index (χ3v) is 5.68. The molecule has 10 nitrogen and oxygen atoms in total. The first kappa shape index (κ1) is 23.7.